The first-order chi connectivity index (χ1) is 22.8. The number of hydrogen-bond acceptors (Lipinski definition) is 9. The average Bonchev–Trinajstić information content (AvgIpc) is 3.04. The fourth-order valence-electron chi connectivity index (χ4n) is 4.81. The standard InChI is InChI=1S/2C18H22O5S.Ca/c2*1-2-3-4-5-8-14-11-12-17(18(13-14)24(20,21)22)23-16-10-7-6-9-15(16)19;/h2*6-7,9-13,19H,2-5,8H2,1H3,(H,20,21,22);/q;;+2/p-2. The van der Waals surface area contributed by atoms with Crippen molar-refractivity contribution in [2.24, 2.45) is 0 Å². The van der Waals surface area contributed by atoms with Gasteiger partial charge in [-0.1, -0.05) is 101 Å². The largest absolute Gasteiger partial charge is 2.00 e. The van der Waals surface area contributed by atoms with E-state index in [4.69, 9.17) is 9.47 Å². The molecule has 10 nitrogen and oxygen atoms in total. The van der Waals surface area contributed by atoms with Crippen LogP contribution < -0.4 is 14.6 Å². The van der Waals surface area contributed by atoms with Gasteiger partial charge in [-0.25, -0.2) is 8.42 Å². The van der Waals surface area contributed by atoms with Gasteiger partial charge in [-0.05, 0) is 79.3 Å². The maximum atomic E-state index is 11.7. The van der Waals surface area contributed by atoms with Crippen molar-refractivity contribution in [3.63, 3.8) is 0 Å². The molecule has 0 saturated heterocycles. The quantitative estimate of drug-likeness (QED) is 0.0657. The molecule has 4 aromatic rings. The molecule has 0 aliphatic rings. The first-order valence-electron chi connectivity index (χ1n) is 15.9. The van der Waals surface area contributed by atoms with Crippen LogP contribution in [0.4, 0.5) is 0 Å². The van der Waals surface area contributed by atoms with Crippen LogP contribution in [0.3, 0.4) is 0 Å². The van der Waals surface area contributed by atoms with E-state index in [2.05, 4.69) is 13.8 Å². The molecule has 0 bridgehead atoms. The summed E-state index contributed by atoms with van der Waals surface area (Å²) in [4.78, 5) is -0.725. The summed E-state index contributed by atoms with van der Waals surface area (Å²) in [6.45, 7) is 4.24. The molecule has 4 rings (SSSR count). The van der Waals surface area contributed by atoms with Gasteiger partial charge in [0.2, 0.25) is 0 Å². The fraction of sp³-hybridized carbons (Fsp3) is 0.333. The van der Waals surface area contributed by atoms with E-state index in [9.17, 15) is 36.2 Å². The molecule has 0 aliphatic carbocycles. The van der Waals surface area contributed by atoms with Crippen LogP contribution in [0, 0.1) is 0 Å². The zero-order valence-corrected chi connectivity index (χ0v) is 31.7. The minimum atomic E-state index is -4.70. The number of benzene rings is 4. The molecular formula is C36H42CaO10S2. The number of phenols is 1. The van der Waals surface area contributed by atoms with Gasteiger partial charge >= 0.3 is 37.7 Å². The summed E-state index contributed by atoms with van der Waals surface area (Å²) in [5.41, 5.74) is 1.59. The zero-order valence-electron chi connectivity index (χ0n) is 27.8. The molecule has 0 aliphatic heterocycles. The van der Waals surface area contributed by atoms with E-state index >= 15 is 0 Å². The molecule has 0 radical (unpaired) electrons. The molecule has 49 heavy (non-hydrogen) atoms. The summed E-state index contributed by atoms with van der Waals surface area (Å²) in [5.74, 6) is -0.518. The Labute approximate surface area is 319 Å². The van der Waals surface area contributed by atoms with Crippen molar-refractivity contribution in [2.75, 3.05) is 0 Å². The molecule has 4 aromatic carbocycles. The summed E-state index contributed by atoms with van der Waals surface area (Å²) in [6, 6.07) is 21.3. The van der Waals surface area contributed by atoms with Crippen molar-refractivity contribution >= 4 is 58.0 Å². The van der Waals surface area contributed by atoms with Crippen molar-refractivity contribution < 1.29 is 45.6 Å². The number of unbranched alkanes of at least 4 members (excludes halogenated alkanes) is 6. The van der Waals surface area contributed by atoms with E-state index in [0.29, 0.717) is 6.42 Å². The van der Waals surface area contributed by atoms with Crippen LogP contribution in [-0.2, 0) is 33.1 Å². The fourth-order valence-corrected chi connectivity index (χ4v) is 6.12. The van der Waals surface area contributed by atoms with Crippen LogP contribution in [0.5, 0.6) is 34.5 Å². The molecular weight excluding hydrogens is 697 g/mol. The van der Waals surface area contributed by atoms with E-state index in [0.717, 1.165) is 68.9 Å². The number of para-hydroxylation sites is 4. The van der Waals surface area contributed by atoms with E-state index in [1.165, 1.54) is 48.5 Å². The Hall–Kier alpha value is -2.84. The van der Waals surface area contributed by atoms with Crippen molar-refractivity contribution in [3.05, 3.63) is 96.1 Å². The summed E-state index contributed by atoms with van der Waals surface area (Å²) >= 11 is 0. The third-order valence-corrected chi connectivity index (χ3v) is 9.09. The molecule has 13 heteroatoms. The Morgan fingerprint density at radius 2 is 1.08 bits per heavy atom. The minimum absolute atomic E-state index is 0. The third-order valence-electron chi connectivity index (χ3n) is 7.36. The van der Waals surface area contributed by atoms with E-state index in [-0.39, 0.29) is 77.1 Å². The first-order valence-corrected chi connectivity index (χ1v) is 18.8. The van der Waals surface area contributed by atoms with Crippen molar-refractivity contribution in [3.8, 4) is 34.5 Å². The number of phenolic OH excluding ortho intramolecular Hbond substituents is 1. The van der Waals surface area contributed by atoms with E-state index in [1.807, 2.05) is 0 Å². The van der Waals surface area contributed by atoms with Crippen LogP contribution >= 0.6 is 0 Å². The van der Waals surface area contributed by atoms with Crippen LogP contribution in [0.15, 0.2) is 94.7 Å². The van der Waals surface area contributed by atoms with Crippen molar-refractivity contribution in [2.45, 2.75) is 87.8 Å². The average molecular weight is 739 g/mol. The topological polar surface area (TPSA) is 173 Å². The Morgan fingerprint density at radius 1 is 0.612 bits per heavy atom. The SMILES string of the molecule is CCCCCCc1ccc(Oc2ccccc2O)c(S(=O)(=O)O)c1.CCCCCCc1ccc(Oc2ccccc2[O-])c(S(=O)(=O)[O-])c1.[Ca+2]. The molecule has 0 spiro atoms. The van der Waals surface area contributed by atoms with Gasteiger partial charge in [-0.15, -0.1) is 0 Å². The van der Waals surface area contributed by atoms with Crippen LogP contribution in [0.1, 0.15) is 76.3 Å². The predicted octanol–water partition coefficient (Wildman–Crippen LogP) is 7.75. The van der Waals surface area contributed by atoms with Crippen molar-refractivity contribution in [1.82, 2.24) is 0 Å². The second-order valence-electron chi connectivity index (χ2n) is 11.2. The minimum Gasteiger partial charge on any atom is -0.870 e. The van der Waals surface area contributed by atoms with Gasteiger partial charge in [0.15, 0.2) is 11.5 Å². The Bertz CT molecular complexity index is 1710. The second kappa shape index (κ2) is 20.7. The molecule has 0 atom stereocenters. The zero-order chi connectivity index (χ0) is 35.2. The Morgan fingerprint density at radius 3 is 1.57 bits per heavy atom. The smallest absolute Gasteiger partial charge is 0.870 e. The molecule has 2 N–H and O–H groups in total. The van der Waals surface area contributed by atoms with Crippen LogP contribution in [0.2, 0.25) is 0 Å². The van der Waals surface area contributed by atoms with E-state index in [1.54, 1.807) is 36.4 Å². The van der Waals surface area contributed by atoms with Crippen molar-refractivity contribution in [1.29, 1.82) is 0 Å². The monoisotopic (exact) mass is 738 g/mol. The summed E-state index contributed by atoms with van der Waals surface area (Å²) < 4.78 is 78.3. The van der Waals surface area contributed by atoms with Gasteiger partial charge < -0.3 is 24.2 Å². The third kappa shape index (κ3) is 14.1. The number of aromatic hydroxyl groups is 1. The number of rotatable bonds is 16. The molecule has 0 saturated carbocycles. The second-order valence-corrected chi connectivity index (χ2v) is 14.0. The Balaban J connectivity index is 0.000000333. The first kappa shape index (κ1) is 42.3. The summed E-state index contributed by atoms with van der Waals surface area (Å²) in [7, 11) is -9.13. The van der Waals surface area contributed by atoms with Gasteiger partial charge in [-0.3, -0.25) is 4.55 Å². The summed E-state index contributed by atoms with van der Waals surface area (Å²) in [6.07, 6.45) is 9.94. The van der Waals surface area contributed by atoms with Gasteiger partial charge in [0, 0.05) is 0 Å². The van der Waals surface area contributed by atoms with Crippen LogP contribution in [-0.4, -0.2) is 68.8 Å². The van der Waals surface area contributed by atoms with Gasteiger partial charge in [-0.2, -0.15) is 8.42 Å². The maximum absolute atomic E-state index is 11.7. The normalized spacial score (nSPS) is 11.2. The van der Waals surface area contributed by atoms with Gasteiger partial charge in [0.05, 0.1) is 4.90 Å². The molecule has 0 amide bonds. The summed E-state index contributed by atoms with van der Waals surface area (Å²) in [5, 5.41) is 21.5. The Kier molecular flexibility index (Phi) is 17.9. The number of hydrogen-bond donors (Lipinski definition) is 2. The maximum Gasteiger partial charge on any atom is 2.00 e. The predicted molar refractivity (Wildman–Crippen MR) is 186 cm³/mol. The molecule has 0 fully saturated rings. The molecule has 260 valence electrons. The van der Waals surface area contributed by atoms with Gasteiger partial charge in [0.25, 0.3) is 10.1 Å². The van der Waals surface area contributed by atoms with Crippen LogP contribution in [0.25, 0.3) is 0 Å². The number of aryl methyl sites for hydroxylation is 2. The molecule has 0 unspecified atom stereocenters. The molecule has 0 aromatic heterocycles. The van der Waals surface area contributed by atoms with Gasteiger partial charge in [0.1, 0.15) is 32.3 Å². The van der Waals surface area contributed by atoms with E-state index < -0.39 is 25.1 Å². The number of ether oxygens (including phenoxy) is 2. The molecule has 0 heterocycles.